The average Bonchev–Trinajstić information content (AvgIpc) is 2.73. The molecule has 1 fully saturated rings. The van der Waals surface area contributed by atoms with Gasteiger partial charge in [-0.3, -0.25) is 9.89 Å². The first-order valence-corrected chi connectivity index (χ1v) is 9.57. The summed E-state index contributed by atoms with van der Waals surface area (Å²) in [6.45, 7) is 5.82. The van der Waals surface area contributed by atoms with Crippen LogP contribution in [0.25, 0.3) is 0 Å². The minimum absolute atomic E-state index is 0.352. The summed E-state index contributed by atoms with van der Waals surface area (Å²) in [6, 6.07) is 14.6. The summed E-state index contributed by atoms with van der Waals surface area (Å²) in [7, 11) is 0. The van der Waals surface area contributed by atoms with Crippen molar-refractivity contribution in [3.05, 3.63) is 54.2 Å². The monoisotopic (exact) mass is 349 g/mol. The maximum Gasteiger partial charge on any atom is 0.128 e. The Hall–Kier alpha value is -2.24. The fourth-order valence-electron chi connectivity index (χ4n) is 3.93. The van der Waals surface area contributed by atoms with Crippen molar-refractivity contribution in [2.24, 2.45) is 16.6 Å². The smallest absolute Gasteiger partial charge is 0.128 e. The van der Waals surface area contributed by atoms with Gasteiger partial charge in [0.2, 0.25) is 0 Å². The van der Waals surface area contributed by atoms with Gasteiger partial charge >= 0.3 is 0 Å². The van der Waals surface area contributed by atoms with Crippen LogP contribution in [-0.4, -0.2) is 54.9 Å². The van der Waals surface area contributed by atoms with Crippen molar-refractivity contribution in [1.29, 1.82) is 0 Å². The number of aryl methyl sites for hydroxylation is 1. The van der Waals surface area contributed by atoms with Crippen molar-refractivity contribution in [2.45, 2.75) is 12.8 Å². The fraction of sp³-hybridized carbons (Fsp3) is 0.429. The van der Waals surface area contributed by atoms with Crippen LogP contribution in [0.15, 0.2) is 53.7 Å². The Balaban J connectivity index is 1.37. The molecule has 3 heterocycles. The molecule has 2 aromatic rings. The molecule has 0 saturated carbocycles. The largest absolute Gasteiger partial charge is 0.354 e. The first kappa shape index (κ1) is 17.2. The zero-order valence-electron chi connectivity index (χ0n) is 15.2. The molecule has 5 heteroatoms. The van der Waals surface area contributed by atoms with Crippen LogP contribution in [0.2, 0.25) is 0 Å². The van der Waals surface area contributed by atoms with Gasteiger partial charge in [-0.05, 0) is 36.6 Å². The number of nitrogens with zero attached hydrogens (tertiary/aromatic N) is 4. The number of rotatable bonds is 5. The van der Waals surface area contributed by atoms with Crippen LogP contribution >= 0.6 is 0 Å². The van der Waals surface area contributed by atoms with Crippen molar-refractivity contribution in [2.75, 3.05) is 44.2 Å². The van der Waals surface area contributed by atoms with Crippen LogP contribution in [0.3, 0.4) is 0 Å². The molecule has 1 atom stereocenters. The van der Waals surface area contributed by atoms with Crippen LogP contribution in [0.4, 0.5) is 11.5 Å². The van der Waals surface area contributed by atoms with Gasteiger partial charge in [-0.25, -0.2) is 4.98 Å². The van der Waals surface area contributed by atoms with Gasteiger partial charge in [0, 0.05) is 57.1 Å². The van der Waals surface area contributed by atoms with E-state index in [1.54, 1.807) is 0 Å². The average molecular weight is 349 g/mol. The lowest BCUT2D eigenvalue weighted by molar-refractivity contribution is 0.240. The molecular weight excluding hydrogens is 322 g/mol. The van der Waals surface area contributed by atoms with Crippen molar-refractivity contribution < 1.29 is 0 Å². The third-order valence-corrected chi connectivity index (χ3v) is 5.49. The molecule has 1 aromatic carbocycles. The number of piperazine rings is 1. The van der Waals surface area contributed by atoms with Gasteiger partial charge in [-0.1, -0.05) is 24.3 Å². The highest BCUT2D eigenvalue weighted by atomic mass is 15.3. The summed E-state index contributed by atoms with van der Waals surface area (Å²) < 4.78 is 0. The summed E-state index contributed by atoms with van der Waals surface area (Å²) in [5.41, 5.74) is 9.90. The van der Waals surface area contributed by atoms with E-state index in [1.807, 2.05) is 12.3 Å². The Kier molecular flexibility index (Phi) is 5.27. The Morgan fingerprint density at radius 3 is 2.54 bits per heavy atom. The van der Waals surface area contributed by atoms with Gasteiger partial charge in [0.15, 0.2) is 0 Å². The maximum atomic E-state index is 6.13. The molecule has 136 valence electrons. The number of fused-ring (bicyclic) bond motifs is 1. The van der Waals surface area contributed by atoms with E-state index in [0.29, 0.717) is 12.5 Å². The summed E-state index contributed by atoms with van der Waals surface area (Å²) in [4.78, 5) is 14.3. The van der Waals surface area contributed by atoms with Gasteiger partial charge in [-0.15, -0.1) is 0 Å². The minimum atomic E-state index is 0.352. The molecular formula is C21H27N5. The number of hydrogen-bond acceptors (Lipinski definition) is 5. The van der Waals surface area contributed by atoms with Crippen molar-refractivity contribution in [3.8, 4) is 0 Å². The first-order chi connectivity index (χ1) is 12.8. The van der Waals surface area contributed by atoms with E-state index >= 15 is 0 Å². The molecule has 1 saturated heterocycles. The highest BCUT2D eigenvalue weighted by molar-refractivity contribution is 5.91. The quantitative estimate of drug-likeness (QED) is 0.901. The van der Waals surface area contributed by atoms with Crippen LogP contribution in [0, 0.1) is 5.92 Å². The Morgan fingerprint density at radius 1 is 0.962 bits per heavy atom. The van der Waals surface area contributed by atoms with Crippen molar-refractivity contribution >= 4 is 17.2 Å². The Bertz CT molecular complexity index is 750. The third kappa shape index (κ3) is 3.79. The SMILES string of the molecule is NCC(CN1CCN(c2ccccn2)CC1)C1=Nc2ccccc2CC1. The predicted octanol–water partition coefficient (Wildman–Crippen LogP) is 2.50. The number of nitrogens with two attached hydrogens (primary N) is 1. The van der Waals surface area contributed by atoms with Crippen molar-refractivity contribution in [1.82, 2.24) is 9.88 Å². The second-order valence-electron chi connectivity index (χ2n) is 7.14. The number of hydrogen-bond donors (Lipinski definition) is 1. The van der Waals surface area contributed by atoms with E-state index in [-0.39, 0.29) is 0 Å². The van der Waals surface area contributed by atoms with E-state index in [0.717, 1.165) is 57.1 Å². The number of anilines is 1. The number of pyridine rings is 1. The van der Waals surface area contributed by atoms with Gasteiger partial charge < -0.3 is 10.6 Å². The molecule has 0 aliphatic carbocycles. The van der Waals surface area contributed by atoms with E-state index in [4.69, 9.17) is 10.7 Å². The molecule has 1 unspecified atom stereocenters. The van der Waals surface area contributed by atoms with Crippen molar-refractivity contribution in [3.63, 3.8) is 0 Å². The number of para-hydroxylation sites is 1. The number of aliphatic imine (C=N–C) groups is 1. The van der Waals surface area contributed by atoms with Gasteiger partial charge in [0.1, 0.15) is 5.82 Å². The second-order valence-corrected chi connectivity index (χ2v) is 7.14. The topological polar surface area (TPSA) is 57.8 Å². The van der Waals surface area contributed by atoms with Gasteiger partial charge in [0.25, 0.3) is 0 Å². The summed E-state index contributed by atoms with van der Waals surface area (Å²) in [5, 5.41) is 0. The number of aromatic nitrogens is 1. The second kappa shape index (κ2) is 7.98. The molecule has 5 nitrogen and oxygen atoms in total. The lowest BCUT2D eigenvalue weighted by atomic mass is 9.93. The molecule has 2 aliphatic heterocycles. The van der Waals surface area contributed by atoms with Crippen LogP contribution in [-0.2, 0) is 6.42 Å². The molecule has 0 spiro atoms. The molecule has 0 amide bonds. The highest BCUT2D eigenvalue weighted by Crippen LogP contribution is 2.27. The number of benzene rings is 1. The summed E-state index contributed by atoms with van der Waals surface area (Å²) in [6.07, 6.45) is 3.98. The Labute approximate surface area is 155 Å². The fourth-order valence-corrected chi connectivity index (χ4v) is 3.93. The van der Waals surface area contributed by atoms with Gasteiger partial charge in [-0.2, -0.15) is 0 Å². The van der Waals surface area contributed by atoms with Crippen LogP contribution < -0.4 is 10.6 Å². The van der Waals surface area contributed by atoms with Crippen LogP contribution in [0.5, 0.6) is 0 Å². The van der Waals surface area contributed by atoms with E-state index in [9.17, 15) is 0 Å². The Morgan fingerprint density at radius 2 is 1.77 bits per heavy atom. The third-order valence-electron chi connectivity index (χ3n) is 5.49. The van der Waals surface area contributed by atoms with Gasteiger partial charge in [0.05, 0.1) is 5.69 Å². The van der Waals surface area contributed by atoms with E-state index in [1.165, 1.54) is 11.3 Å². The molecule has 2 aliphatic rings. The van der Waals surface area contributed by atoms with E-state index < -0.39 is 0 Å². The zero-order chi connectivity index (χ0) is 17.8. The minimum Gasteiger partial charge on any atom is -0.354 e. The maximum absolute atomic E-state index is 6.13. The molecule has 4 rings (SSSR count). The lowest BCUT2D eigenvalue weighted by Crippen LogP contribution is -2.49. The standard InChI is InChI=1S/C21H27N5/c22-15-18(20-9-8-17-5-1-2-6-19(17)24-20)16-25-11-13-26(14-12-25)21-7-3-4-10-23-21/h1-7,10,18H,8-9,11-16,22H2. The molecule has 1 aromatic heterocycles. The normalized spacial score (nSPS) is 19.0. The van der Waals surface area contributed by atoms with Crippen LogP contribution in [0.1, 0.15) is 12.0 Å². The molecule has 26 heavy (non-hydrogen) atoms. The first-order valence-electron chi connectivity index (χ1n) is 9.57. The molecule has 0 bridgehead atoms. The van der Waals surface area contributed by atoms with E-state index in [2.05, 4.69) is 51.2 Å². The lowest BCUT2D eigenvalue weighted by Gasteiger charge is -2.37. The highest BCUT2D eigenvalue weighted by Gasteiger charge is 2.24. The predicted molar refractivity (Wildman–Crippen MR) is 107 cm³/mol. The molecule has 0 radical (unpaired) electrons. The summed E-state index contributed by atoms with van der Waals surface area (Å²) in [5.74, 6) is 1.43. The molecule has 2 N–H and O–H groups in total. The zero-order valence-corrected chi connectivity index (χ0v) is 15.2. The summed E-state index contributed by atoms with van der Waals surface area (Å²) >= 11 is 0.